The molecule has 4 nitrogen and oxygen atoms in total. The molecule has 0 N–H and O–H groups in total. The minimum absolute atomic E-state index is 0.0946. The van der Waals surface area contributed by atoms with Crippen molar-refractivity contribution in [3.8, 4) is 5.75 Å². The Kier molecular flexibility index (Phi) is 7.44. The predicted molar refractivity (Wildman–Crippen MR) is 133 cm³/mol. The number of benzene rings is 3. The Bertz CT molecular complexity index is 1250. The number of ether oxygens (including phenoxy) is 1. The summed E-state index contributed by atoms with van der Waals surface area (Å²) in [6.45, 7) is 0.0544. The lowest BCUT2D eigenvalue weighted by Gasteiger charge is -2.14. The minimum Gasteiger partial charge on any atom is -0.488 e. The normalized spacial score (nSPS) is 14.9. The second-order valence-electron chi connectivity index (χ2n) is 7.07. The molecule has 0 bridgehead atoms. The summed E-state index contributed by atoms with van der Waals surface area (Å²) in [6, 6.07) is 16.9. The van der Waals surface area contributed by atoms with Gasteiger partial charge in [-0.25, -0.2) is 4.39 Å². The molecule has 3 aromatic carbocycles. The number of thioether (sulfide) groups is 1. The summed E-state index contributed by atoms with van der Waals surface area (Å²) >= 11 is 16.2. The van der Waals surface area contributed by atoms with Gasteiger partial charge in [0.25, 0.3) is 11.1 Å². The molecular weight excluding hydrogens is 552 g/mol. The van der Waals surface area contributed by atoms with Crippen LogP contribution in [0.5, 0.6) is 5.75 Å². The van der Waals surface area contributed by atoms with Crippen LogP contribution in [0.3, 0.4) is 0 Å². The Hall–Kier alpha value is -2.32. The quantitative estimate of drug-likeness (QED) is 0.287. The van der Waals surface area contributed by atoms with Gasteiger partial charge < -0.3 is 4.74 Å². The summed E-state index contributed by atoms with van der Waals surface area (Å²) in [5.74, 6) is -0.555. The van der Waals surface area contributed by atoms with E-state index in [1.54, 1.807) is 30.3 Å². The van der Waals surface area contributed by atoms with Crippen molar-refractivity contribution >= 4 is 68.1 Å². The minimum atomic E-state index is -0.574. The molecule has 3 aromatic rings. The van der Waals surface area contributed by atoms with Crippen molar-refractivity contribution in [1.29, 1.82) is 0 Å². The van der Waals surface area contributed by atoms with Crippen molar-refractivity contribution in [3.63, 3.8) is 0 Å². The summed E-state index contributed by atoms with van der Waals surface area (Å²) in [5.41, 5.74) is 1.64. The maximum Gasteiger partial charge on any atom is 0.293 e. The molecule has 1 fully saturated rings. The third kappa shape index (κ3) is 5.61. The highest BCUT2D eigenvalue weighted by Gasteiger charge is 2.36. The molecule has 1 aliphatic rings. The van der Waals surface area contributed by atoms with E-state index in [-0.39, 0.29) is 22.0 Å². The maximum absolute atomic E-state index is 14.2. The highest BCUT2D eigenvalue weighted by Crippen LogP contribution is 2.36. The average molecular weight is 567 g/mol. The summed E-state index contributed by atoms with van der Waals surface area (Å²) in [4.78, 5) is 26.6. The predicted octanol–water partition coefficient (Wildman–Crippen LogP) is 7.71. The molecule has 1 heterocycles. The lowest BCUT2D eigenvalue weighted by Crippen LogP contribution is -2.28. The van der Waals surface area contributed by atoms with Crippen LogP contribution in [0.15, 0.2) is 70.0 Å². The van der Waals surface area contributed by atoms with Crippen LogP contribution in [-0.2, 0) is 17.9 Å². The zero-order valence-electron chi connectivity index (χ0n) is 16.9. The summed E-state index contributed by atoms with van der Waals surface area (Å²) in [5, 5.41) is 0.294. The van der Waals surface area contributed by atoms with Crippen LogP contribution in [0.2, 0.25) is 10.0 Å². The van der Waals surface area contributed by atoms with Crippen molar-refractivity contribution in [2.24, 2.45) is 0 Å². The maximum atomic E-state index is 14.2. The molecule has 0 spiro atoms. The zero-order valence-corrected chi connectivity index (χ0v) is 20.8. The van der Waals surface area contributed by atoms with Crippen molar-refractivity contribution in [3.05, 3.63) is 103 Å². The van der Waals surface area contributed by atoms with E-state index in [1.165, 1.54) is 18.2 Å². The van der Waals surface area contributed by atoms with Crippen molar-refractivity contribution in [1.82, 2.24) is 4.90 Å². The molecule has 1 saturated heterocycles. The van der Waals surface area contributed by atoms with Crippen molar-refractivity contribution < 1.29 is 18.7 Å². The van der Waals surface area contributed by atoms with Gasteiger partial charge >= 0.3 is 0 Å². The van der Waals surface area contributed by atoms with Gasteiger partial charge in [-0.05, 0) is 65.9 Å². The van der Waals surface area contributed by atoms with Crippen LogP contribution in [0.1, 0.15) is 16.7 Å². The number of rotatable bonds is 6. The number of amides is 2. The lowest BCUT2D eigenvalue weighted by atomic mass is 10.1. The number of halogens is 4. The Balaban J connectivity index is 1.57. The van der Waals surface area contributed by atoms with Gasteiger partial charge in [0.15, 0.2) is 0 Å². The van der Waals surface area contributed by atoms with E-state index in [2.05, 4.69) is 15.9 Å². The van der Waals surface area contributed by atoms with Crippen LogP contribution >= 0.6 is 50.9 Å². The van der Waals surface area contributed by atoms with Gasteiger partial charge in [-0.3, -0.25) is 14.5 Å². The Morgan fingerprint density at radius 3 is 2.55 bits per heavy atom. The fourth-order valence-corrected chi connectivity index (χ4v) is 4.68. The second kappa shape index (κ2) is 10.3. The Labute approximate surface area is 212 Å². The fourth-order valence-electron chi connectivity index (χ4n) is 3.12. The van der Waals surface area contributed by atoms with Crippen molar-refractivity contribution in [2.75, 3.05) is 0 Å². The van der Waals surface area contributed by atoms with Crippen LogP contribution in [0.25, 0.3) is 6.08 Å². The summed E-state index contributed by atoms with van der Waals surface area (Å²) < 4.78 is 20.9. The molecule has 0 aliphatic carbocycles. The molecular formula is C24H15BrCl2FNO3S. The van der Waals surface area contributed by atoms with Gasteiger partial charge in [-0.15, -0.1) is 0 Å². The third-order valence-electron chi connectivity index (χ3n) is 4.82. The topological polar surface area (TPSA) is 46.6 Å². The van der Waals surface area contributed by atoms with Crippen LogP contribution in [0, 0.1) is 5.82 Å². The number of nitrogens with zero attached hydrogens (tertiary/aromatic N) is 1. The molecule has 0 aromatic heterocycles. The van der Waals surface area contributed by atoms with E-state index in [0.717, 1.165) is 26.7 Å². The monoisotopic (exact) mass is 565 g/mol. The number of carbonyl (C=O) groups is 2. The molecule has 168 valence electrons. The molecule has 9 heteroatoms. The molecule has 33 heavy (non-hydrogen) atoms. The molecule has 0 saturated carbocycles. The average Bonchev–Trinajstić information content (AvgIpc) is 3.04. The largest absolute Gasteiger partial charge is 0.488 e. The molecule has 0 radical (unpaired) electrons. The second-order valence-corrected chi connectivity index (χ2v) is 9.82. The number of hydrogen-bond acceptors (Lipinski definition) is 4. The van der Waals surface area contributed by atoms with Gasteiger partial charge in [0.05, 0.1) is 11.4 Å². The standard InChI is InChI=1S/C24H15BrCl2FNO3S/c25-16-6-9-21(32-13-14-4-7-17(26)8-5-14)15(10-16)11-22-23(30)29(24(31)33-22)12-18-19(27)2-1-3-20(18)28/h1-11H,12-13H2. The van der Waals surface area contributed by atoms with Gasteiger partial charge in [-0.2, -0.15) is 0 Å². The van der Waals surface area contributed by atoms with Crippen LogP contribution < -0.4 is 4.74 Å². The zero-order chi connectivity index (χ0) is 23.5. The number of carbonyl (C=O) groups excluding carboxylic acids is 2. The third-order valence-corrected chi connectivity index (χ3v) is 6.82. The highest BCUT2D eigenvalue weighted by atomic mass is 79.9. The SMILES string of the molecule is O=C1SC(=Cc2cc(Br)ccc2OCc2ccc(Cl)cc2)C(=O)N1Cc1c(F)cccc1Cl. The first-order valence-corrected chi connectivity index (χ1v) is 12.0. The molecule has 4 rings (SSSR count). The lowest BCUT2D eigenvalue weighted by molar-refractivity contribution is -0.123. The highest BCUT2D eigenvalue weighted by molar-refractivity contribution is 9.10. The number of imide groups is 1. The van der Waals surface area contributed by atoms with E-state index in [4.69, 9.17) is 27.9 Å². The van der Waals surface area contributed by atoms with E-state index >= 15 is 0 Å². The molecule has 0 unspecified atom stereocenters. The van der Waals surface area contributed by atoms with E-state index in [9.17, 15) is 14.0 Å². The van der Waals surface area contributed by atoms with Crippen LogP contribution in [-0.4, -0.2) is 16.0 Å². The smallest absolute Gasteiger partial charge is 0.293 e. The van der Waals surface area contributed by atoms with Crippen LogP contribution in [0.4, 0.5) is 9.18 Å². The summed E-state index contributed by atoms with van der Waals surface area (Å²) in [6.07, 6.45) is 1.59. The van der Waals surface area contributed by atoms with E-state index < -0.39 is 17.0 Å². The van der Waals surface area contributed by atoms with E-state index in [0.29, 0.717) is 22.9 Å². The molecule has 0 atom stereocenters. The van der Waals surface area contributed by atoms with Gasteiger partial charge in [0, 0.05) is 25.6 Å². The first kappa shape index (κ1) is 23.8. The van der Waals surface area contributed by atoms with Gasteiger partial charge in [0.2, 0.25) is 0 Å². The first-order chi connectivity index (χ1) is 15.8. The number of hydrogen-bond donors (Lipinski definition) is 0. The van der Waals surface area contributed by atoms with Crippen molar-refractivity contribution in [2.45, 2.75) is 13.2 Å². The summed E-state index contributed by atoms with van der Waals surface area (Å²) in [7, 11) is 0. The Morgan fingerprint density at radius 1 is 1.06 bits per heavy atom. The van der Waals surface area contributed by atoms with Gasteiger partial charge in [0.1, 0.15) is 18.2 Å². The molecule has 1 aliphatic heterocycles. The Morgan fingerprint density at radius 2 is 1.82 bits per heavy atom. The first-order valence-electron chi connectivity index (χ1n) is 9.67. The molecule has 2 amide bonds. The van der Waals surface area contributed by atoms with Gasteiger partial charge in [-0.1, -0.05) is 57.3 Å². The van der Waals surface area contributed by atoms with E-state index in [1.807, 2.05) is 18.2 Å². The fraction of sp³-hybridized carbons (Fsp3) is 0.0833.